The Bertz CT molecular complexity index is 887. The summed E-state index contributed by atoms with van der Waals surface area (Å²) in [5.74, 6) is 0.0769. The van der Waals surface area contributed by atoms with Crippen LogP contribution in [0.4, 0.5) is 15.9 Å². The molecule has 0 spiro atoms. The number of hydrogen-bond donors (Lipinski definition) is 1. The molecule has 2 heterocycles. The lowest BCUT2D eigenvalue weighted by atomic mass is 10.3. The molecule has 0 bridgehead atoms. The zero-order valence-electron chi connectivity index (χ0n) is 14.7. The summed E-state index contributed by atoms with van der Waals surface area (Å²) in [4.78, 5) is 18.8. The molecule has 3 rings (SSSR count). The fourth-order valence-electron chi connectivity index (χ4n) is 2.61. The fraction of sp³-hybridized carbons (Fsp3) is 0.211. The average molecular weight is 353 g/mol. The second-order valence-electron chi connectivity index (χ2n) is 5.63. The van der Waals surface area contributed by atoms with Crippen molar-refractivity contribution in [2.75, 3.05) is 23.3 Å². The highest BCUT2D eigenvalue weighted by Crippen LogP contribution is 2.16. The molecule has 6 nitrogen and oxygen atoms in total. The Labute approximate surface area is 151 Å². The molecule has 0 unspecified atom stereocenters. The largest absolute Gasteiger partial charge is 0.357 e. The molecule has 2 aromatic heterocycles. The highest BCUT2D eigenvalue weighted by Gasteiger charge is 2.13. The zero-order chi connectivity index (χ0) is 18.5. The van der Waals surface area contributed by atoms with Gasteiger partial charge in [-0.05, 0) is 44.2 Å². The lowest BCUT2D eigenvalue weighted by Gasteiger charge is -2.19. The van der Waals surface area contributed by atoms with Crippen molar-refractivity contribution >= 4 is 17.4 Å². The minimum Gasteiger partial charge on any atom is -0.357 e. The summed E-state index contributed by atoms with van der Waals surface area (Å²) in [7, 11) is 0. The van der Waals surface area contributed by atoms with E-state index in [1.54, 1.807) is 42.7 Å². The van der Waals surface area contributed by atoms with E-state index in [1.807, 2.05) is 6.07 Å². The van der Waals surface area contributed by atoms with Gasteiger partial charge in [-0.2, -0.15) is 5.10 Å². The molecule has 3 aromatic rings. The summed E-state index contributed by atoms with van der Waals surface area (Å²) in [6.45, 7) is 5.85. The molecule has 0 aliphatic heterocycles. The summed E-state index contributed by atoms with van der Waals surface area (Å²) < 4.78 is 15.2. The van der Waals surface area contributed by atoms with Gasteiger partial charge in [0, 0.05) is 19.3 Å². The first-order valence-electron chi connectivity index (χ1n) is 8.45. The van der Waals surface area contributed by atoms with E-state index in [1.165, 1.54) is 10.7 Å². The maximum Gasteiger partial charge on any atom is 0.276 e. The number of carbonyl (C=O) groups excluding carboxylic acids is 1. The van der Waals surface area contributed by atoms with Crippen LogP contribution in [0, 0.1) is 5.82 Å². The van der Waals surface area contributed by atoms with Crippen molar-refractivity contribution in [3.8, 4) is 5.69 Å². The molecule has 7 heteroatoms. The number of amides is 1. The smallest absolute Gasteiger partial charge is 0.276 e. The molecule has 0 saturated heterocycles. The van der Waals surface area contributed by atoms with Crippen molar-refractivity contribution in [1.29, 1.82) is 0 Å². The molecular weight excluding hydrogens is 333 g/mol. The van der Waals surface area contributed by atoms with E-state index in [9.17, 15) is 9.18 Å². The molecule has 0 atom stereocenters. The molecule has 0 radical (unpaired) electrons. The highest BCUT2D eigenvalue weighted by molar-refractivity contribution is 6.02. The van der Waals surface area contributed by atoms with Crippen LogP contribution in [-0.4, -0.2) is 33.8 Å². The second kappa shape index (κ2) is 7.77. The first-order valence-corrected chi connectivity index (χ1v) is 8.45. The Morgan fingerprint density at radius 1 is 1.15 bits per heavy atom. The molecule has 1 N–H and O–H groups in total. The predicted molar refractivity (Wildman–Crippen MR) is 99.3 cm³/mol. The van der Waals surface area contributed by atoms with Crippen LogP contribution in [0.2, 0.25) is 0 Å². The Morgan fingerprint density at radius 2 is 1.92 bits per heavy atom. The van der Waals surface area contributed by atoms with Gasteiger partial charge in [0.25, 0.3) is 5.91 Å². The SMILES string of the molecule is CCN(CC)c1ccc(NC(=O)c2ccn(-c3ccccc3F)n2)cn1. The number of anilines is 2. The number of pyridine rings is 1. The highest BCUT2D eigenvalue weighted by atomic mass is 19.1. The molecule has 0 aliphatic rings. The summed E-state index contributed by atoms with van der Waals surface area (Å²) in [5.41, 5.74) is 1.06. The van der Waals surface area contributed by atoms with Crippen LogP contribution in [-0.2, 0) is 0 Å². The van der Waals surface area contributed by atoms with Crippen molar-refractivity contribution in [3.63, 3.8) is 0 Å². The Morgan fingerprint density at radius 3 is 2.58 bits per heavy atom. The molecule has 0 saturated carbocycles. The van der Waals surface area contributed by atoms with Gasteiger partial charge in [-0.3, -0.25) is 4.79 Å². The van der Waals surface area contributed by atoms with Gasteiger partial charge in [0.05, 0.1) is 11.9 Å². The number of nitrogens with one attached hydrogen (secondary N) is 1. The number of halogens is 1. The number of benzene rings is 1. The maximum absolute atomic E-state index is 13.8. The van der Waals surface area contributed by atoms with Crippen molar-refractivity contribution < 1.29 is 9.18 Å². The summed E-state index contributed by atoms with van der Waals surface area (Å²) in [6, 6.07) is 11.5. The lowest BCUT2D eigenvalue weighted by Crippen LogP contribution is -2.23. The van der Waals surface area contributed by atoms with Gasteiger partial charge in [-0.25, -0.2) is 14.1 Å². The zero-order valence-corrected chi connectivity index (χ0v) is 14.7. The minimum atomic E-state index is -0.404. The van der Waals surface area contributed by atoms with E-state index >= 15 is 0 Å². The molecule has 134 valence electrons. The number of hydrogen-bond acceptors (Lipinski definition) is 4. The van der Waals surface area contributed by atoms with E-state index in [0.717, 1.165) is 18.9 Å². The first kappa shape index (κ1) is 17.6. The van der Waals surface area contributed by atoms with Crippen molar-refractivity contribution in [2.24, 2.45) is 0 Å². The van der Waals surface area contributed by atoms with Crippen molar-refractivity contribution in [3.05, 3.63) is 66.4 Å². The third-order valence-electron chi connectivity index (χ3n) is 4.01. The van der Waals surface area contributed by atoms with Gasteiger partial charge >= 0.3 is 0 Å². The van der Waals surface area contributed by atoms with E-state index in [4.69, 9.17) is 0 Å². The van der Waals surface area contributed by atoms with Crippen molar-refractivity contribution in [1.82, 2.24) is 14.8 Å². The van der Waals surface area contributed by atoms with Gasteiger partial charge in [0.1, 0.15) is 17.3 Å². The summed E-state index contributed by atoms with van der Waals surface area (Å²) in [5, 5.41) is 6.90. The van der Waals surface area contributed by atoms with Crippen LogP contribution in [0.15, 0.2) is 54.9 Å². The van der Waals surface area contributed by atoms with Gasteiger partial charge in [0.15, 0.2) is 5.69 Å². The Balaban J connectivity index is 1.72. The van der Waals surface area contributed by atoms with E-state index < -0.39 is 5.82 Å². The van der Waals surface area contributed by atoms with E-state index in [-0.39, 0.29) is 17.3 Å². The number of aromatic nitrogens is 3. The normalized spacial score (nSPS) is 10.6. The van der Waals surface area contributed by atoms with Gasteiger partial charge in [0.2, 0.25) is 0 Å². The average Bonchev–Trinajstić information content (AvgIpc) is 3.14. The maximum atomic E-state index is 13.8. The third kappa shape index (κ3) is 3.72. The standard InChI is InChI=1S/C19H20FN5O/c1-3-24(4-2)18-10-9-14(13-21-18)22-19(26)16-11-12-25(23-16)17-8-6-5-7-15(17)20/h5-13H,3-4H2,1-2H3,(H,22,26). The topological polar surface area (TPSA) is 63.1 Å². The predicted octanol–water partition coefficient (Wildman–Crippen LogP) is 3.50. The molecular formula is C19H20FN5O. The van der Waals surface area contributed by atoms with Crippen LogP contribution in [0.1, 0.15) is 24.3 Å². The summed E-state index contributed by atoms with van der Waals surface area (Å²) >= 11 is 0. The van der Waals surface area contributed by atoms with Crippen LogP contribution in [0.5, 0.6) is 0 Å². The number of nitrogens with zero attached hydrogens (tertiary/aromatic N) is 4. The van der Waals surface area contributed by atoms with Crippen LogP contribution in [0.25, 0.3) is 5.69 Å². The second-order valence-corrected chi connectivity index (χ2v) is 5.63. The Hall–Kier alpha value is -3.22. The summed E-state index contributed by atoms with van der Waals surface area (Å²) in [6.07, 6.45) is 3.16. The minimum absolute atomic E-state index is 0.195. The number of carbonyl (C=O) groups is 1. The third-order valence-corrected chi connectivity index (χ3v) is 4.01. The fourth-order valence-corrected chi connectivity index (χ4v) is 2.61. The van der Waals surface area contributed by atoms with Crippen LogP contribution < -0.4 is 10.2 Å². The van der Waals surface area contributed by atoms with Crippen molar-refractivity contribution in [2.45, 2.75) is 13.8 Å². The first-order chi connectivity index (χ1) is 12.6. The van der Waals surface area contributed by atoms with Crippen LogP contribution >= 0.6 is 0 Å². The molecule has 1 aromatic carbocycles. The molecule has 26 heavy (non-hydrogen) atoms. The van der Waals surface area contributed by atoms with Crippen LogP contribution in [0.3, 0.4) is 0 Å². The monoisotopic (exact) mass is 353 g/mol. The molecule has 0 aliphatic carbocycles. The van der Waals surface area contributed by atoms with Gasteiger partial charge < -0.3 is 10.2 Å². The molecule has 0 fully saturated rings. The number of para-hydroxylation sites is 1. The Kier molecular flexibility index (Phi) is 5.26. The number of rotatable bonds is 6. The van der Waals surface area contributed by atoms with E-state index in [2.05, 4.69) is 34.1 Å². The van der Waals surface area contributed by atoms with Gasteiger partial charge in [-0.1, -0.05) is 12.1 Å². The lowest BCUT2D eigenvalue weighted by molar-refractivity contribution is 0.102. The van der Waals surface area contributed by atoms with Gasteiger partial charge in [-0.15, -0.1) is 0 Å². The quantitative estimate of drug-likeness (QED) is 0.737. The molecule has 1 amide bonds. The van der Waals surface area contributed by atoms with E-state index in [0.29, 0.717) is 5.69 Å².